The molecule has 0 bridgehead atoms. The van der Waals surface area contributed by atoms with E-state index in [1.54, 1.807) is 6.07 Å². The highest BCUT2D eigenvalue weighted by atomic mass is 32.2. The van der Waals surface area contributed by atoms with Gasteiger partial charge in [-0.3, -0.25) is 9.59 Å². The monoisotopic (exact) mass is 341 g/mol. The first kappa shape index (κ1) is 17.9. The molecule has 8 heteroatoms. The molecule has 2 aliphatic rings. The van der Waals surface area contributed by atoms with E-state index >= 15 is 0 Å². The van der Waals surface area contributed by atoms with Crippen LogP contribution in [0.5, 0.6) is 0 Å². The van der Waals surface area contributed by atoms with Gasteiger partial charge in [-0.15, -0.1) is 0 Å². The summed E-state index contributed by atoms with van der Waals surface area (Å²) >= 11 is 0. The van der Waals surface area contributed by atoms with E-state index in [2.05, 4.69) is 5.32 Å². The number of carbonyl (C=O) groups excluding carboxylic acids is 2. The number of nitrogens with zero attached hydrogens (tertiary/aromatic N) is 2. The lowest BCUT2D eigenvalue weighted by Crippen LogP contribution is -2.46. The zero-order valence-electron chi connectivity index (χ0n) is 13.3. The number of rotatable bonds is 5. The Morgan fingerprint density at radius 2 is 1.87 bits per heavy atom. The second-order valence-corrected chi connectivity index (χ2v) is 8.40. The Hall–Kier alpha value is -1.46. The number of carbonyl (C=O) groups is 2. The van der Waals surface area contributed by atoms with Crippen LogP contribution in [0, 0.1) is 23.2 Å². The summed E-state index contributed by atoms with van der Waals surface area (Å²) in [5.41, 5.74) is 0. The Kier molecular flexibility index (Phi) is 5.76. The van der Waals surface area contributed by atoms with E-state index < -0.39 is 33.5 Å². The van der Waals surface area contributed by atoms with Crippen molar-refractivity contribution in [2.75, 3.05) is 19.3 Å². The van der Waals surface area contributed by atoms with Crippen molar-refractivity contribution < 1.29 is 18.0 Å². The summed E-state index contributed by atoms with van der Waals surface area (Å²) in [6.07, 6.45) is 6.02. The molecule has 2 rings (SSSR count). The van der Waals surface area contributed by atoms with E-state index in [0.717, 1.165) is 31.9 Å². The molecular formula is C15H23N3O4S. The third-order valence-corrected chi connectivity index (χ3v) is 5.90. The molecule has 0 aromatic heterocycles. The molecule has 2 fully saturated rings. The Labute approximate surface area is 137 Å². The van der Waals surface area contributed by atoms with Gasteiger partial charge in [-0.25, -0.2) is 12.7 Å². The Bertz CT molecular complexity index is 605. The number of piperidine rings is 1. The van der Waals surface area contributed by atoms with E-state index in [1.165, 1.54) is 4.31 Å². The summed E-state index contributed by atoms with van der Waals surface area (Å²) < 4.78 is 24.5. The minimum Gasteiger partial charge on any atom is -0.352 e. The molecule has 2 atom stereocenters. The fourth-order valence-corrected chi connectivity index (χ4v) is 4.23. The highest BCUT2D eigenvalue weighted by molar-refractivity contribution is 7.88. The Balaban J connectivity index is 2.01. The molecule has 1 heterocycles. The maximum atomic E-state index is 12.5. The van der Waals surface area contributed by atoms with Gasteiger partial charge in [-0.05, 0) is 25.7 Å². The number of hydrogen-bond donors (Lipinski definition) is 1. The molecule has 0 aromatic rings. The highest BCUT2D eigenvalue weighted by Crippen LogP contribution is 2.23. The van der Waals surface area contributed by atoms with Crippen LogP contribution >= 0.6 is 0 Å². The molecule has 7 nitrogen and oxygen atoms in total. The first-order valence-corrected chi connectivity index (χ1v) is 9.86. The van der Waals surface area contributed by atoms with E-state index in [1.807, 2.05) is 0 Å². The first-order chi connectivity index (χ1) is 10.8. The van der Waals surface area contributed by atoms with E-state index in [4.69, 9.17) is 0 Å². The van der Waals surface area contributed by atoms with E-state index in [-0.39, 0.29) is 12.6 Å². The number of amides is 1. The number of Topliss-reactive ketones (excluding diaryl/α,β-unsaturated/α-hetero) is 1. The van der Waals surface area contributed by atoms with Gasteiger partial charge in [0.25, 0.3) is 0 Å². The maximum Gasteiger partial charge on any atom is 0.245 e. The molecule has 0 radical (unpaired) electrons. The van der Waals surface area contributed by atoms with Gasteiger partial charge in [0.15, 0.2) is 11.7 Å². The number of hydrogen-bond acceptors (Lipinski definition) is 5. The fourth-order valence-electron chi connectivity index (χ4n) is 3.32. The molecular weight excluding hydrogens is 318 g/mol. The third kappa shape index (κ3) is 4.52. The maximum absolute atomic E-state index is 12.5. The smallest absolute Gasteiger partial charge is 0.245 e. The Morgan fingerprint density at radius 3 is 2.43 bits per heavy atom. The van der Waals surface area contributed by atoms with Crippen molar-refractivity contribution >= 4 is 21.7 Å². The van der Waals surface area contributed by atoms with Crippen LogP contribution in [-0.4, -0.2) is 49.8 Å². The molecule has 1 amide bonds. The van der Waals surface area contributed by atoms with Crippen molar-refractivity contribution in [3.8, 4) is 6.07 Å². The van der Waals surface area contributed by atoms with E-state index in [9.17, 15) is 23.3 Å². The van der Waals surface area contributed by atoms with Gasteiger partial charge >= 0.3 is 0 Å². The first-order valence-electron chi connectivity index (χ1n) is 8.01. The minimum atomic E-state index is -3.37. The number of sulfonamides is 1. The van der Waals surface area contributed by atoms with Gasteiger partial charge < -0.3 is 5.32 Å². The van der Waals surface area contributed by atoms with Crippen LogP contribution in [-0.2, 0) is 19.6 Å². The third-order valence-electron chi connectivity index (χ3n) is 4.63. The lowest BCUT2D eigenvalue weighted by Gasteiger charge is -2.30. The van der Waals surface area contributed by atoms with Gasteiger partial charge in [-0.2, -0.15) is 5.26 Å². The second-order valence-electron chi connectivity index (χ2n) is 6.41. The molecule has 1 aliphatic carbocycles. The molecule has 0 spiro atoms. The molecule has 128 valence electrons. The molecule has 0 aromatic carbocycles. The summed E-state index contributed by atoms with van der Waals surface area (Å²) in [5, 5.41) is 12.0. The van der Waals surface area contributed by atoms with Crippen molar-refractivity contribution in [2.45, 2.75) is 44.6 Å². The summed E-state index contributed by atoms with van der Waals surface area (Å²) in [6.45, 7) is 0.445. The number of ketones is 1. The van der Waals surface area contributed by atoms with Crippen molar-refractivity contribution in [1.82, 2.24) is 9.62 Å². The topological polar surface area (TPSA) is 107 Å². The molecule has 23 heavy (non-hydrogen) atoms. The van der Waals surface area contributed by atoms with Crippen LogP contribution in [0.4, 0.5) is 0 Å². The summed E-state index contributed by atoms with van der Waals surface area (Å²) in [6, 6.07) is 1.84. The zero-order valence-corrected chi connectivity index (χ0v) is 14.1. The predicted octanol–water partition coefficient (Wildman–Crippen LogP) is 0.426. The van der Waals surface area contributed by atoms with Gasteiger partial charge in [0, 0.05) is 25.0 Å². The average molecular weight is 341 g/mol. The molecule has 1 aliphatic heterocycles. The fraction of sp³-hybridized carbons (Fsp3) is 0.800. The van der Waals surface area contributed by atoms with Crippen molar-refractivity contribution in [3.05, 3.63) is 0 Å². The average Bonchev–Trinajstić information content (AvgIpc) is 3.00. The largest absolute Gasteiger partial charge is 0.352 e. The van der Waals surface area contributed by atoms with Crippen LogP contribution in [0.25, 0.3) is 0 Å². The molecule has 1 saturated heterocycles. The van der Waals surface area contributed by atoms with E-state index in [0.29, 0.717) is 19.4 Å². The highest BCUT2D eigenvalue weighted by Gasteiger charge is 2.37. The predicted molar refractivity (Wildman–Crippen MR) is 83.6 cm³/mol. The lowest BCUT2D eigenvalue weighted by molar-refractivity contribution is -0.134. The van der Waals surface area contributed by atoms with Gasteiger partial charge in [0.05, 0.1) is 12.3 Å². The van der Waals surface area contributed by atoms with Crippen LogP contribution in [0.15, 0.2) is 0 Å². The van der Waals surface area contributed by atoms with Crippen LogP contribution in [0.1, 0.15) is 38.5 Å². The van der Waals surface area contributed by atoms with Crippen molar-refractivity contribution in [3.63, 3.8) is 0 Å². The van der Waals surface area contributed by atoms with Gasteiger partial charge in [0.1, 0.15) is 0 Å². The molecule has 0 unspecified atom stereocenters. The lowest BCUT2D eigenvalue weighted by atomic mass is 9.87. The summed E-state index contributed by atoms with van der Waals surface area (Å²) in [7, 11) is -3.37. The van der Waals surface area contributed by atoms with Gasteiger partial charge in [-0.1, -0.05) is 12.8 Å². The number of nitriles is 1. The van der Waals surface area contributed by atoms with Gasteiger partial charge in [0.2, 0.25) is 15.9 Å². The normalized spacial score (nSPS) is 24.8. The molecule has 1 saturated carbocycles. The molecule has 1 N–H and O–H groups in total. The minimum absolute atomic E-state index is 0.0463. The Morgan fingerprint density at radius 1 is 1.22 bits per heavy atom. The standard InChI is InChI=1S/C15H23N3O4S/c1-23(21,22)18-8-4-5-11(10-18)14(19)13(9-16)15(20)17-12-6-2-3-7-12/h11-13H,2-8,10H2,1H3,(H,17,20)/t11-,13-/m1/s1. The SMILES string of the molecule is CS(=O)(=O)N1CCC[C@@H](C(=O)[C@@H](C#N)C(=O)NC2CCCC2)C1. The van der Waals surface area contributed by atoms with Crippen LogP contribution in [0.2, 0.25) is 0 Å². The summed E-state index contributed by atoms with van der Waals surface area (Å²) in [4.78, 5) is 24.7. The number of nitrogens with one attached hydrogen (secondary N) is 1. The quantitative estimate of drug-likeness (QED) is 0.730. The van der Waals surface area contributed by atoms with Crippen LogP contribution in [0.3, 0.4) is 0 Å². The second kappa shape index (κ2) is 7.41. The van der Waals surface area contributed by atoms with Crippen LogP contribution < -0.4 is 5.32 Å². The zero-order chi connectivity index (χ0) is 17.0. The summed E-state index contributed by atoms with van der Waals surface area (Å²) in [5.74, 6) is -2.94. The van der Waals surface area contributed by atoms with Crippen molar-refractivity contribution in [1.29, 1.82) is 5.26 Å². The van der Waals surface area contributed by atoms with Crippen molar-refractivity contribution in [2.24, 2.45) is 11.8 Å².